The molecule has 1 aromatic carbocycles. The molecule has 0 saturated heterocycles. The summed E-state index contributed by atoms with van der Waals surface area (Å²) in [5.41, 5.74) is 1.55. The van der Waals surface area contributed by atoms with Gasteiger partial charge in [-0.1, -0.05) is 24.3 Å². The van der Waals surface area contributed by atoms with E-state index in [1.54, 1.807) is 23.9 Å². The lowest BCUT2D eigenvalue weighted by atomic mass is 10.1. The fraction of sp³-hybridized carbons (Fsp3) is 0.333. The van der Waals surface area contributed by atoms with Crippen LogP contribution in [-0.4, -0.2) is 26.0 Å². The van der Waals surface area contributed by atoms with Crippen molar-refractivity contribution in [2.75, 3.05) is 0 Å². The van der Waals surface area contributed by atoms with Gasteiger partial charge in [0.1, 0.15) is 0 Å². The molecule has 0 radical (unpaired) electrons. The van der Waals surface area contributed by atoms with Crippen LogP contribution in [0.25, 0.3) is 11.4 Å². The van der Waals surface area contributed by atoms with Gasteiger partial charge in [-0.3, -0.25) is 4.79 Å². The summed E-state index contributed by atoms with van der Waals surface area (Å²) in [5, 5.41) is 12.2. The summed E-state index contributed by atoms with van der Waals surface area (Å²) >= 11 is 0. The van der Waals surface area contributed by atoms with Crippen molar-refractivity contribution >= 4 is 5.78 Å². The summed E-state index contributed by atoms with van der Waals surface area (Å²) in [6.45, 7) is 5.52. The maximum Gasteiger partial charge on any atom is 0.204 e. The lowest BCUT2D eigenvalue weighted by Crippen LogP contribution is -2.04. The zero-order chi connectivity index (χ0) is 12.4. The van der Waals surface area contributed by atoms with Crippen LogP contribution in [-0.2, 0) is 0 Å². The van der Waals surface area contributed by atoms with Crippen LogP contribution in [0.5, 0.6) is 0 Å². The number of rotatable bonds is 3. The van der Waals surface area contributed by atoms with Crippen LogP contribution in [0.2, 0.25) is 0 Å². The van der Waals surface area contributed by atoms with E-state index in [1.807, 2.05) is 26.0 Å². The van der Waals surface area contributed by atoms with Crippen molar-refractivity contribution in [2.24, 2.45) is 0 Å². The van der Waals surface area contributed by atoms with E-state index in [0.717, 1.165) is 5.56 Å². The summed E-state index contributed by atoms with van der Waals surface area (Å²) < 4.78 is 0. The Balaban J connectivity index is 2.30. The molecule has 0 aliphatic heterocycles. The largest absolute Gasteiger partial charge is 0.295 e. The summed E-state index contributed by atoms with van der Waals surface area (Å²) in [7, 11) is 0. The monoisotopic (exact) mass is 230 g/mol. The SMILES string of the molecule is CC(=O)c1ccc(-c2nnn(C(C)C)n2)cc1. The Morgan fingerprint density at radius 3 is 2.35 bits per heavy atom. The van der Waals surface area contributed by atoms with E-state index >= 15 is 0 Å². The molecule has 1 heterocycles. The van der Waals surface area contributed by atoms with Crippen LogP contribution in [0.1, 0.15) is 37.2 Å². The van der Waals surface area contributed by atoms with Gasteiger partial charge in [0.2, 0.25) is 5.82 Å². The van der Waals surface area contributed by atoms with E-state index in [9.17, 15) is 4.79 Å². The molecular weight excluding hydrogens is 216 g/mol. The highest BCUT2D eigenvalue weighted by Crippen LogP contribution is 2.15. The van der Waals surface area contributed by atoms with Crippen molar-refractivity contribution in [2.45, 2.75) is 26.8 Å². The highest BCUT2D eigenvalue weighted by molar-refractivity contribution is 5.94. The number of ketones is 1. The number of carbonyl (C=O) groups is 1. The average molecular weight is 230 g/mol. The van der Waals surface area contributed by atoms with Crippen LogP contribution >= 0.6 is 0 Å². The number of Topliss-reactive ketones (excluding diaryl/α,β-unsaturated/α-hetero) is 1. The Morgan fingerprint density at radius 2 is 1.88 bits per heavy atom. The first-order chi connectivity index (χ1) is 8.08. The molecule has 0 aliphatic rings. The zero-order valence-corrected chi connectivity index (χ0v) is 10.1. The molecule has 2 rings (SSSR count). The molecule has 0 aliphatic carbocycles. The quantitative estimate of drug-likeness (QED) is 0.758. The minimum Gasteiger partial charge on any atom is -0.295 e. The van der Waals surface area contributed by atoms with Gasteiger partial charge in [0.15, 0.2) is 5.78 Å². The van der Waals surface area contributed by atoms with Crippen molar-refractivity contribution in [3.05, 3.63) is 29.8 Å². The average Bonchev–Trinajstić information content (AvgIpc) is 2.78. The summed E-state index contributed by atoms with van der Waals surface area (Å²) in [5.74, 6) is 0.629. The van der Waals surface area contributed by atoms with Gasteiger partial charge < -0.3 is 0 Å². The number of tetrazole rings is 1. The Kier molecular flexibility index (Phi) is 2.99. The van der Waals surface area contributed by atoms with Gasteiger partial charge in [-0.15, -0.1) is 10.2 Å². The second-order valence-electron chi connectivity index (χ2n) is 4.16. The lowest BCUT2D eigenvalue weighted by molar-refractivity contribution is 0.101. The van der Waals surface area contributed by atoms with Crippen molar-refractivity contribution in [3.63, 3.8) is 0 Å². The third kappa shape index (κ3) is 2.38. The Labute approximate surface area is 99.5 Å². The highest BCUT2D eigenvalue weighted by atomic mass is 16.1. The van der Waals surface area contributed by atoms with Gasteiger partial charge >= 0.3 is 0 Å². The van der Waals surface area contributed by atoms with E-state index in [4.69, 9.17) is 0 Å². The van der Waals surface area contributed by atoms with Gasteiger partial charge in [-0.05, 0) is 26.0 Å². The molecule has 0 spiro atoms. The maximum atomic E-state index is 11.1. The van der Waals surface area contributed by atoms with E-state index in [0.29, 0.717) is 11.4 Å². The molecule has 2 aromatic rings. The summed E-state index contributed by atoms with van der Waals surface area (Å²) in [6, 6.07) is 7.39. The molecule has 0 atom stereocenters. The first-order valence-electron chi connectivity index (χ1n) is 5.49. The first-order valence-corrected chi connectivity index (χ1v) is 5.49. The predicted molar refractivity (Wildman–Crippen MR) is 63.6 cm³/mol. The van der Waals surface area contributed by atoms with Crippen LogP contribution in [0.4, 0.5) is 0 Å². The number of hydrogen-bond acceptors (Lipinski definition) is 4. The molecule has 0 saturated carbocycles. The smallest absolute Gasteiger partial charge is 0.204 e. The third-order valence-corrected chi connectivity index (χ3v) is 2.44. The van der Waals surface area contributed by atoms with Crippen LogP contribution in [0.15, 0.2) is 24.3 Å². The molecular formula is C12H14N4O. The highest BCUT2D eigenvalue weighted by Gasteiger charge is 2.08. The molecule has 0 unspecified atom stereocenters. The molecule has 0 fully saturated rings. The number of carbonyl (C=O) groups excluding carboxylic acids is 1. The van der Waals surface area contributed by atoms with Gasteiger partial charge in [0, 0.05) is 11.1 Å². The minimum absolute atomic E-state index is 0.0512. The standard InChI is InChI=1S/C12H14N4O/c1-8(2)16-14-12(13-15-16)11-6-4-10(5-7-11)9(3)17/h4-8H,1-3H3. The number of benzene rings is 1. The third-order valence-electron chi connectivity index (χ3n) is 2.44. The van der Waals surface area contributed by atoms with Crippen molar-refractivity contribution in [3.8, 4) is 11.4 Å². The Bertz CT molecular complexity index is 528. The van der Waals surface area contributed by atoms with E-state index in [1.165, 1.54) is 0 Å². The van der Waals surface area contributed by atoms with Crippen molar-refractivity contribution in [1.82, 2.24) is 20.2 Å². The van der Waals surface area contributed by atoms with Gasteiger partial charge in [0.25, 0.3) is 0 Å². The van der Waals surface area contributed by atoms with E-state index in [2.05, 4.69) is 15.4 Å². The van der Waals surface area contributed by atoms with Crippen LogP contribution < -0.4 is 0 Å². The fourth-order valence-electron chi connectivity index (χ4n) is 1.41. The predicted octanol–water partition coefficient (Wildman–Crippen LogP) is 2.12. The number of hydrogen-bond donors (Lipinski definition) is 0. The van der Waals surface area contributed by atoms with Crippen molar-refractivity contribution in [1.29, 1.82) is 0 Å². The van der Waals surface area contributed by atoms with Gasteiger partial charge in [0.05, 0.1) is 6.04 Å². The summed E-state index contributed by atoms with van der Waals surface area (Å²) in [6.07, 6.45) is 0. The molecule has 5 nitrogen and oxygen atoms in total. The molecule has 17 heavy (non-hydrogen) atoms. The molecule has 0 bridgehead atoms. The van der Waals surface area contributed by atoms with Gasteiger partial charge in [-0.2, -0.15) is 4.80 Å². The van der Waals surface area contributed by atoms with Gasteiger partial charge in [-0.25, -0.2) is 0 Å². The summed E-state index contributed by atoms with van der Waals surface area (Å²) in [4.78, 5) is 12.7. The molecule has 88 valence electrons. The van der Waals surface area contributed by atoms with E-state index < -0.39 is 0 Å². The molecule has 1 aromatic heterocycles. The van der Waals surface area contributed by atoms with Crippen LogP contribution in [0.3, 0.4) is 0 Å². The van der Waals surface area contributed by atoms with Crippen molar-refractivity contribution < 1.29 is 4.79 Å². The second kappa shape index (κ2) is 4.45. The zero-order valence-electron chi connectivity index (χ0n) is 10.1. The second-order valence-corrected chi connectivity index (χ2v) is 4.16. The van der Waals surface area contributed by atoms with E-state index in [-0.39, 0.29) is 11.8 Å². The molecule has 5 heteroatoms. The number of aromatic nitrogens is 4. The minimum atomic E-state index is 0.0512. The fourth-order valence-corrected chi connectivity index (χ4v) is 1.41. The molecule has 0 amide bonds. The van der Waals surface area contributed by atoms with Crippen LogP contribution in [0, 0.1) is 0 Å². The first kappa shape index (κ1) is 11.4. The Morgan fingerprint density at radius 1 is 1.24 bits per heavy atom. The number of nitrogens with zero attached hydrogens (tertiary/aromatic N) is 4. The lowest BCUT2D eigenvalue weighted by Gasteiger charge is -1.99. The maximum absolute atomic E-state index is 11.1. The molecule has 0 N–H and O–H groups in total. The Hall–Kier alpha value is -2.04. The topological polar surface area (TPSA) is 60.7 Å². The normalized spacial score (nSPS) is 10.8.